The van der Waals surface area contributed by atoms with Gasteiger partial charge in [0.15, 0.2) is 0 Å². The second kappa shape index (κ2) is 4.34. The molecule has 1 aromatic heterocycles. The first-order valence-corrected chi connectivity index (χ1v) is 7.04. The fourth-order valence-corrected chi connectivity index (χ4v) is 4.24. The number of hydrogen-bond donors (Lipinski definition) is 1. The van der Waals surface area contributed by atoms with Gasteiger partial charge in [0.25, 0.3) is 0 Å². The van der Waals surface area contributed by atoms with Crippen LogP contribution in [0.15, 0.2) is 10.5 Å². The fraction of sp³-hybridized carbons (Fsp3) is 0.556. The molecular formula is C9H12BrNS2. The first kappa shape index (κ1) is 10.0. The predicted octanol–water partition coefficient (Wildman–Crippen LogP) is 3.54. The number of rotatable bonds is 1. The molecule has 1 aliphatic heterocycles. The van der Waals surface area contributed by atoms with Gasteiger partial charge in [0.1, 0.15) is 0 Å². The van der Waals surface area contributed by atoms with E-state index in [1.54, 1.807) is 0 Å². The normalized spacial score (nSPS) is 23.4. The Kier molecular flexibility index (Phi) is 3.35. The van der Waals surface area contributed by atoms with Crippen LogP contribution in [0.3, 0.4) is 0 Å². The van der Waals surface area contributed by atoms with Crippen molar-refractivity contribution in [2.45, 2.75) is 18.7 Å². The van der Waals surface area contributed by atoms with Crippen LogP contribution in [0.4, 0.5) is 0 Å². The molecule has 1 aliphatic rings. The van der Waals surface area contributed by atoms with Crippen molar-refractivity contribution in [1.82, 2.24) is 5.32 Å². The number of nitrogens with one attached hydrogen (secondary N) is 1. The van der Waals surface area contributed by atoms with Gasteiger partial charge in [-0.15, -0.1) is 23.1 Å². The first-order valence-electron chi connectivity index (χ1n) is 4.38. The van der Waals surface area contributed by atoms with Gasteiger partial charge in [0, 0.05) is 14.2 Å². The van der Waals surface area contributed by atoms with Crippen molar-refractivity contribution in [3.05, 3.63) is 20.3 Å². The highest BCUT2D eigenvalue weighted by molar-refractivity contribution is 9.10. The predicted molar refractivity (Wildman–Crippen MR) is 64.6 cm³/mol. The van der Waals surface area contributed by atoms with Crippen molar-refractivity contribution in [2.75, 3.05) is 12.3 Å². The minimum atomic E-state index is 0.531. The Morgan fingerprint density at radius 1 is 1.62 bits per heavy atom. The molecule has 0 saturated carbocycles. The molecule has 0 radical (unpaired) electrons. The van der Waals surface area contributed by atoms with Gasteiger partial charge in [-0.1, -0.05) is 0 Å². The lowest BCUT2D eigenvalue weighted by molar-refractivity contribution is 0.649. The van der Waals surface area contributed by atoms with Crippen LogP contribution in [0.5, 0.6) is 0 Å². The minimum Gasteiger partial charge on any atom is -0.301 e. The van der Waals surface area contributed by atoms with Crippen molar-refractivity contribution in [1.29, 1.82) is 0 Å². The highest BCUT2D eigenvalue weighted by Crippen LogP contribution is 2.37. The van der Waals surface area contributed by atoms with Gasteiger partial charge >= 0.3 is 0 Å². The number of halogens is 1. The van der Waals surface area contributed by atoms with E-state index in [0.29, 0.717) is 5.37 Å². The summed E-state index contributed by atoms with van der Waals surface area (Å²) >= 11 is 7.46. The molecule has 2 heterocycles. The van der Waals surface area contributed by atoms with E-state index in [1.165, 1.54) is 26.4 Å². The zero-order valence-electron chi connectivity index (χ0n) is 7.47. The third-order valence-electron chi connectivity index (χ3n) is 2.07. The van der Waals surface area contributed by atoms with Gasteiger partial charge in [-0.25, -0.2) is 0 Å². The van der Waals surface area contributed by atoms with E-state index in [9.17, 15) is 0 Å². The third kappa shape index (κ3) is 2.29. The van der Waals surface area contributed by atoms with Crippen LogP contribution in [0.1, 0.15) is 21.5 Å². The molecule has 0 aliphatic carbocycles. The molecule has 0 amide bonds. The van der Waals surface area contributed by atoms with E-state index in [-0.39, 0.29) is 0 Å². The smallest absolute Gasteiger partial charge is 0.0883 e. The quantitative estimate of drug-likeness (QED) is 0.843. The topological polar surface area (TPSA) is 12.0 Å². The Balaban J connectivity index is 2.14. The van der Waals surface area contributed by atoms with Crippen molar-refractivity contribution < 1.29 is 0 Å². The van der Waals surface area contributed by atoms with Crippen molar-refractivity contribution in [3.63, 3.8) is 0 Å². The summed E-state index contributed by atoms with van der Waals surface area (Å²) in [5.41, 5.74) is 0. The summed E-state index contributed by atoms with van der Waals surface area (Å²) in [6, 6.07) is 2.25. The molecule has 0 spiro atoms. The molecule has 1 aromatic rings. The number of thioether (sulfide) groups is 1. The third-order valence-corrected chi connectivity index (χ3v) is 5.70. The van der Waals surface area contributed by atoms with E-state index >= 15 is 0 Å². The Labute approximate surface area is 95.4 Å². The van der Waals surface area contributed by atoms with Gasteiger partial charge in [-0.05, 0) is 47.6 Å². The van der Waals surface area contributed by atoms with Crippen molar-refractivity contribution >= 4 is 39.0 Å². The number of hydrogen-bond acceptors (Lipinski definition) is 3. The van der Waals surface area contributed by atoms with Gasteiger partial charge in [-0.2, -0.15) is 0 Å². The molecule has 72 valence electrons. The fourth-order valence-electron chi connectivity index (χ4n) is 1.36. The minimum absolute atomic E-state index is 0.531. The summed E-state index contributed by atoms with van der Waals surface area (Å²) in [6.45, 7) is 3.32. The summed E-state index contributed by atoms with van der Waals surface area (Å²) in [5, 5.41) is 4.06. The van der Waals surface area contributed by atoms with E-state index in [2.05, 4.69) is 34.2 Å². The molecule has 1 fully saturated rings. The second-order valence-electron chi connectivity index (χ2n) is 3.11. The maximum absolute atomic E-state index is 3.56. The Morgan fingerprint density at radius 2 is 2.46 bits per heavy atom. The van der Waals surface area contributed by atoms with Crippen LogP contribution in [0.25, 0.3) is 0 Å². The van der Waals surface area contributed by atoms with E-state index in [1.807, 2.05) is 23.1 Å². The number of thiophene rings is 1. The largest absolute Gasteiger partial charge is 0.301 e. The molecule has 1 unspecified atom stereocenters. The van der Waals surface area contributed by atoms with Crippen LogP contribution in [-0.2, 0) is 0 Å². The summed E-state index contributed by atoms with van der Waals surface area (Å²) in [5.74, 6) is 1.28. The average Bonchev–Trinajstić information content (AvgIpc) is 2.49. The monoisotopic (exact) mass is 277 g/mol. The molecular weight excluding hydrogens is 266 g/mol. The van der Waals surface area contributed by atoms with Crippen molar-refractivity contribution in [3.8, 4) is 0 Å². The van der Waals surface area contributed by atoms with Crippen LogP contribution >= 0.6 is 39.0 Å². The van der Waals surface area contributed by atoms with Crippen LogP contribution < -0.4 is 5.32 Å². The molecule has 1 saturated heterocycles. The van der Waals surface area contributed by atoms with Crippen LogP contribution in [0, 0.1) is 6.92 Å². The van der Waals surface area contributed by atoms with Gasteiger partial charge in [0.05, 0.1) is 5.37 Å². The summed E-state index contributed by atoms with van der Waals surface area (Å²) in [7, 11) is 0. The van der Waals surface area contributed by atoms with Gasteiger partial charge in [0.2, 0.25) is 0 Å². The van der Waals surface area contributed by atoms with Crippen LogP contribution in [-0.4, -0.2) is 12.3 Å². The SMILES string of the molecule is Cc1sc(C2NCCCS2)cc1Br. The average molecular weight is 278 g/mol. The van der Waals surface area contributed by atoms with E-state index in [0.717, 1.165) is 6.54 Å². The molecule has 1 N–H and O–H groups in total. The highest BCUT2D eigenvalue weighted by Gasteiger charge is 2.17. The standard InChI is InChI=1S/C9H12BrNS2/c1-6-7(10)5-8(13-6)9-11-3-2-4-12-9/h5,9,11H,2-4H2,1H3. The van der Waals surface area contributed by atoms with Gasteiger partial charge < -0.3 is 5.32 Å². The molecule has 2 rings (SSSR count). The Bertz CT molecular complexity index is 272. The highest BCUT2D eigenvalue weighted by atomic mass is 79.9. The maximum atomic E-state index is 3.56. The summed E-state index contributed by atoms with van der Waals surface area (Å²) in [4.78, 5) is 2.83. The van der Waals surface area contributed by atoms with E-state index in [4.69, 9.17) is 0 Å². The molecule has 13 heavy (non-hydrogen) atoms. The van der Waals surface area contributed by atoms with Crippen molar-refractivity contribution in [2.24, 2.45) is 0 Å². The molecule has 1 nitrogen and oxygen atoms in total. The first-order chi connectivity index (χ1) is 6.27. The molecule has 0 bridgehead atoms. The summed E-state index contributed by atoms with van der Waals surface area (Å²) in [6.07, 6.45) is 1.30. The molecule has 0 aromatic carbocycles. The lowest BCUT2D eigenvalue weighted by Crippen LogP contribution is -2.24. The van der Waals surface area contributed by atoms with Gasteiger partial charge in [-0.3, -0.25) is 0 Å². The molecule has 1 atom stereocenters. The number of aryl methyl sites for hydroxylation is 1. The zero-order valence-corrected chi connectivity index (χ0v) is 10.7. The maximum Gasteiger partial charge on any atom is 0.0883 e. The van der Waals surface area contributed by atoms with Crippen LogP contribution in [0.2, 0.25) is 0 Å². The Morgan fingerprint density at radius 3 is 3.00 bits per heavy atom. The Hall–Kier alpha value is 0.490. The van der Waals surface area contributed by atoms with E-state index < -0.39 is 0 Å². The molecule has 4 heteroatoms. The lowest BCUT2D eigenvalue weighted by atomic mass is 10.4. The summed E-state index contributed by atoms with van der Waals surface area (Å²) < 4.78 is 1.25. The second-order valence-corrected chi connectivity index (χ2v) is 6.47. The lowest BCUT2D eigenvalue weighted by Gasteiger charge is -2.21. The zero-order chi connectivity index (χ0) is 9.26.